The Morgan fingerprint density at radius 2 is 1.53 bits per heavy atom. The molecule has 0 saturated carbocycles. The van der Waals surface area contributed by atoms with Crippen LogP contribution in [0.3, 0.4) is 0 Å². The molecule has 0 bridgehead atoms. The molecule has 218 valence electrons. The summed E-state index contributed by atoms with van der Waals surface area (Å²) in [6.45, 7) is 5.34. The van der Waals surface area contributed by atoms with Gasteiger partial charge < -0.3 is 16.0 Å². The number of hydrogen-bond acceptors (Lipinski definition) is 4. The normalized spacial score (nSPS) is 16.6. The molecule has 0 radical (unpaired) electrons. The van der Waals surface area contributed by atoms with Crippen molar-refractivity contribution in [3.8, 4) is 0 Å². The Kier molecular flexibility index (Phi) is 8.66. The molecule has 4 aromatic rings. The number of rotatable bonds is 9. The van der Waals surface area contributed by atoms with E-state index >= 15 is 0 Å². The van der Waals surface area contributed by atoms with Gasteiger partial charge in [-0.25, -0.2) is 0 Å². The molecule has 0 aliphatic carbocycles. The summed E-state index contributed by atoms with van der Waals surface area (Å²) >= 11 is 0. The highest BCUT2D eigenvalue weighted by Crippen LogP contribution is 2.38. The van der Waals surface area contributed by atoms with Gasteiger partial charge in [0.05, 0.1) is 17.3 Å². The standard InChI is InChI=1S/C37H38N4O2/c1-2-32(27-12-6-3-7-13-27)39-36(42)29-18-21-31-33(24-29)40-37(43)34(31)35(28-14-8-4-9-15-28)38-30-19-16-26(17-20-30)25-41-22-10-5-11-23-41/h3-4,6-9,12-21,24,32,38H,2,5,10-11,22-23,25H2,1H3,(H,39,42)(H,40,43)/b35-34-/t32-/m1/s1. The largest absolute Gasteiger partial charge is 0.354 e. The minimum Gasteiger partial charge on any atom is -0.354 e. The molecule has 6 heteroatoms. The first-order valence-electron chi connectivity index (χ1n) is 15.3. The van der Waals surface area contributed by atoms with Crippen LogP contribution in [0.1, 0.15) is 71.3 Å². The Morgan fingerprint density at radius 3 is 2.23 bits per heavy atom. The van der Waals surface area contributed by atoms with E-state index in [1.807, 2.05) is 66.7 Å². The Labute approximate surface area is 253 Å². The molecule has 1 saturated heterocycles. The van der Waals surface area contributed by atoms with Gasteiger partial charge >= 0.3 is 0 Å². The number of carbonyl (C=O) groups excluding carboxylic acids is 2. The smallest absolute Gasteiger partial charge is 0.258 e. The second-order valence-electron chi connectivity index (χ2n) is 11.3. The van der Waals surface area contributed by atoms with Gasteiger partial charge in [-0.2, -0.15) is 0 Å². The lowest BCUT2D eigenvalue weighted by Gasteiger charge is -2.26. The van der Waals surface area contributed by atoms with Crippen molar-refractivity contribution in [1.29, 1.82) is 0 Å². The van der Waals surface area contributed by atoms with Gasteiger partial charge in [-0.3, -0.25) is 14.5 Å². The Balaban J connectivity index is 1.27. The molecule has 2 aliphatic heterocycles. The van der Waals surface area contributed by atoms with Gasteiger partial charge in [-0.1, -0.05) is 92.2 Å². The zero-order chi connectivity index (χ0) is 29.6. The molecule has 43 heavy (non-hydrogen) atoms. The summed E-state index contributed by atoms with van der Waals surface area (Å²) in [5.74, 6) is -0.368. The first-order chi connectivity index (χ1) is 21.1. The van der Waals surface area contributed by atoms with Gasteiger partial charge in [0.1, 0.15) is 0 Å². The summed E-state index contributed by atoms with van der Waals surface area (Å²) in [6, 6.07) is 33.7. The zero-order valence-electron chi connectivity index (χ0n) is 24.6. The molecule has 4 aromatic carbocycles. The number of hydrogen-bond donors (Lipinski definition) is 3. The van der Waals surface area contributed by atoms with Crippen molar-refractivity contribution in [2.24, 2.45) is 0 Å². The second kappa shape index (κ2) is 13.1. The number of anilines is 2. The predicted molar refractivity (Wildman–Crippen MR) is 174 cm³/mol. The maximum atomic E-state index is 13.5. The summed E-state index contributed by atoms with van der Waals surface area (Å²) in [7, 11) is 0. The minimum absolute atomic E-state index is 0.0906. The van der Waals surface area contributed by atoms with Crippen molar-refractivity contribution in [2.75, 3.05) is 23.7 Å². The quantitative estimate of drug-likeness (QED) is 0.182. The lowest BCUT2D eigenvalue weighted by molar-refractivity contribution is -0.110. The third-order valence-corrected chi connectivity index (χ3v) is 8.33. The summed E-state index contributed by atoms with van der Waals surface area (Å²) in [5, 5.41) is 9.71. The van der Waals surface area contributed by atoms with Crippen LogP contribution < -0.4 is 16.0 Å². The van der Waals surface area contributed by atoms with E-state index in [-0.39, 0.29) is 17.9 Å². The van der Waals surface area contributed by atoms with Crippen molar-refractivity contribution in [2.45, 2.75) is 45.2 Å². The summed E-state index contributed by atoms with van der Waals surface area (Å²) in [5.41, 5.74) is 7.37. The number of benzene rings is 4. The SMILES string of the molecule is CC[C@@H](NC(=O)c1ccc2c(c1)NC(=O)/C2=C(\Nc1ccc(CN2CCCCC2)cc1)c1ccccc1)c1ccccc1. The third-order valence-electron chi connectivity index (χ3n) is 8.33. The van der Waals surface area contributed by atoms with Gasteiger partial charge in [0.25, 0.3) is 11.8 Å². The number of carbonyl (C=O) groups is 2. The fourth-order valence-corrected chi connectivity index (χ4v) is 6.01. The van der Waals surface area contributed by atoms with Crippen LogP contribution in [0, 0.1) is 0 Å². The molecule has 1 fully saturated rings. The van der Waals surface area contributed by atoms with E-state index in [9.17, 15) is 9.59 Å². The molecule has 2 aliphatic rings. The van der Waals surface area contributed by atoms with Crippen molar-refractivity contribution >= 4 is 34.5 Å². The van der Waals surface area contributed by atoms with Crippen molar-refractivity contribution in [3.05, 3.63) is 131 Å². The highest BCUT2D eigenvalue weighted by molar-refractivity contribution is 6.37. The number of nitrogens with one attached hydrogen (secondary N) is 3. The van der Waals surface area contributed by atoms with E-state index in [1.165, 1.54) is 24.8 Å². The molecule has 1 atom stereocenters. The van der Waals surface area contributed by atoms with Crippen LogP contribution >= 0.6 is 0 Å². The lowest BCUT2D eigenvalue weighted by atomic mass is 9.98. The van der Waals surface area contributed by atoms with Crippen LogP contribution in [0.15, 0.2) is 103 Å². The Morgan fingerprint density at radius 1 is 0.837 bits per heavy atom. The maximum absolute atomic E-state index is 13.5. The zero-order valence-corrected chi connectivity index (χ0v) is 24.6. The fraction of sp³-hybridized carbons (Fsp3) is 0.243. The predicted octanol–water partition coefficient (Wildman–Crippen LogP) is 7.49. The van der Waals surface area contributed by atoms with Crippen LogP contribution in [-0.4, -0.2) is 29.8 Å². The minimum atomic E-state index is -0.198. The van der Waals surface area contributed by atoms with Crippen LogP contribution in [0.2, 0.25) is 0 Å². The number of likely N-dealkylation sites (tertiary alicyclic amines) is 1. The van der Waals surface area contributed by atoms with Crippen LogP contribution in [-0.2, 0) is 11.3 Å². The molecule has 2 amide bonds. The van der Waals surface area contributed by atoms with Crippen LogP contribution in [0.5, 0.6) is 0 Å². The van der Waals surface area contributed by atoms with E-state index in [1.54, 1.807) is 12.1 Å². The highest BCUT2D eigenvalue weighted by Gasteiger charge is 2.29. The molecule has 3 N–H and O–H groups in total. The van der Waals surface area contributed by atoms with Gasteiger partial charge in [0.2, 0.25) is 0 Å². The summed E-state index contributed by atoms with van der Waals surface area (Å²) < 4.78 is 0. The summed E-state index contributed by atoms with van der Waals surface area (Å²) in [4.78, 5) is 29.3. The van der Waals surface area contributed by atoms with Gasteiger partial charge in [-0.15, -0.1) is 0 Å². The molecule has 6 nitrogen and oxygen atoms in total. The van der Waals surface area contributed by atoms with E-state index in [0.29, 0.717) is 16.8 Å². The average molecular weight is 571 g/mol. The number of amides is 2. The topological polar surface area (TPSA) is 73.5 Å². The molecule has 0 aromatic heterocycles. The van der Waals surface area contributed by atoms with Crippen LogP contribution in [0.4, 0.5) is 11.4 Å². The Bertz CT molecular complexity index is 1610. The second-order valence-corrected chi connectivity index (χ2v) is 11.3. The first kappa shape index (κ1) is 28.4. The number of piperidine rings is 1. The number of nitrogens with zero attached hydrogens (tertiary/aromatic N) is 1. The molecule has 6 rings (SSSR count). The first-order valence-corrected chi connectivity index (χ1v) is 15.3. The fourth-order valence-electron chi connectivity index (χ4n) is 6.01. The maximum Gasteiger partial charge on any atom is 0.258 e. The highest BCUT2D eigenvalue weighted by atomic mass is 16.2. The van der Waals surface area contributed by atoms with Crippen LogP contribution in [0.25, 0.3) is 11.3 Å². The molecular formula is C37H38N4O2. The average Bonchev–Trinajstić information content (AvgIpc) is 3.39. The monoisotopic (exact) mass is 570 g/mol. The molecule has 0 unspecified atom stereocenters. The van der Waals surface area contributed by atoms with Gasteiger partial charge in [0.15, 0.2) is 0 Å². The van der Waals surface area contributed by atoms with E-state index in [4.69, 9.17) is 0 Å². The van der Waals surface area contributed by atoms with Crippen molar-refractivity contribution in [3.63, 3.8) is 0 Å². The molecule has 2 heterocycles. The third kappa shape index (κ3) is 6.55. The lowest BCUT2D eigenvalue weighted by Crippen LogP contribution is -2.29. The van der Waals surface area contributed by atoms with E-state index in [0.717, 1.165) is 54.1 Å². The van der Waals surface area contributed by atoms with Gasteiger partial charge in [-0.05, 0) is 73.3 Å². The number of fused-ring (bicyclic) bond motifs is 1. The Hall–Kier alpha value is -4.68. The molecular weight excluding hydrogens is 532 g/mol. The van der Waals surface area contributed by atoms with E-state index in [2.05, 4.69) is 52.0 Å². The van der Waals surface area contributed by atoms with E-state index < -0.39 is 0 Å². The molecule has 0 spiro atoms. The summed E-state index contributed by atoms with van der Waals surface area (Å²) in [6.07, 6.45) is 4.65. The van der Waals surface area contributed by atoms with Crippen molar-refractivity contribution < 1.29 is 9.59 Å². The van der Waals surface area contributed by atoms with Gasteiger partial charge in [0, 0.05) is 29.0 Å². The van der Waals surface area contributed by atoms with Crippen molar-refractivity contribution in [1.82, 2.24) is 10.2 Å².